The van der Waals surface area contributed by atoms with E-state index in [9.17, 15) is 4.79 Å². The van der Waals surface area contributed by atoms with Crippen molar-refractivity contribution in [3.05, 3.63) is 0 Å². The Bertz CT molecular complexity index is 351. The van der Waals surface area contributed by atoms with Gasteiger partial charge in [-0.3, -0.25) is 4.79 Å². The van der Waals surface area contributed by atoms with E-state index in [1.807, 2.05) is 0 Å². The Morgan fingerprint density at radius 3 is 2.05 bits per heavy atom. The van der Waals surface area contributed by atoms with Gasteiger partial charge in [0.1, 0.15) is 0 Å². The molecule has 2 rings (SSSR count). The van der Waals surface area contributed by atoms with Crippen molar-refractivity contribution < 1.29 is 4.79 Å². The molecule has 0 aromatic heterocycles. The molecule has 0 atom stereocenters. The van der Waals surface area contributed by atoms with Gasteiger partial charge in [-0.1, -0.05) is 40.5 Å². The second-order valence-corrected chi connectivity index (χ2v) is 8.78. The average molecular weight is 280 g/mol. The third-order valence-electron chi connectivity index (χ3n) is 5.32. The third kappa shape index (κ3) is 3.36. The van der Waals surface area contributed by atoms with Crippen molar-refractivity contribution >= 4 is 5.91 Å². The Morgan fingerprint density at radius 2 is 1.60 bits per heavy atom. The van der Waals surface area contributed by atoms with Crippen molar-refractivity contribution in [1.29, 1.82) is 0 Å². The van der Waals surface area contributed by atoms with E-state index in [0.717, 1.165) is 38.5 Å². The highest BCUT2D eigenvalue weighted by Gasteiger charge is 2.43. The predicted molar refractivity (Wildman–Crippen MR) is 83.3 cm³/mol. The van der Waals surface area contributed by atoms with E-state index < -0.39 is 0 Å². The van der Waals surface area contributed by atoms with E-state index in [-0.39, 0.29) is 11.3 Å². The number of carbonyl (C=O) groups excluding carboxylic acids is 1. The van der Waals surface area contributed by atoms with Crippen LogP contribution in [0.15, 0.2) is 0 Å². The molecule has 2 saturated carbocycles. The molecule has 1 amide bonds. The summed E-state index contributed by atoms with van der Waals surface area (Å²) in [5.74, 6) is 0.219. The van der Waals surface area contributed by atoms with E-state index in [4.69, 9.17) is 5.73 Å². The number of amides is 1. The van der Waals surface area contributed by atoms with Gasteiger partial charge in [0.15, 0.2) is 0 Å². The molecular weight excluding hydrogens is 248 g/mol. The lowest BCUT2D eigenvalue weighted by Crippen LogP contribution is -2.52. The molecule has 3 heteroatoms. The summed E-state index contributed by atoms with van der Waals surface area (Å²) in [6.45, 7) is 9.78. The van der Waals surface area contributed by atoms with Gasteiger partial charge in [0.2, 0.25) is 5.91 Å². The SMILES string of the molecule is CC1(C)CC(NC(=O)C2(CN)CCCC2)CC(C)(C)C1. The number of nitrogens with one attached hydrogen (secondary N) is 1. The van der Waals surface area contributed by atoms with Gasteiger partial charge in [-0.2, -0.15) is 0 Å². The molecule has 0 aromatic carbocycles. The minimum atomic E-state index is -0.272. The zero-order chi connectivity index (χ0) is 15.0. The Balaban J connectivity index is 2.03. The smallest absolute Gasteiger partial charge is 0.227 e. The lowest BCUT2D eigenvalue weighted by molar-refractivity contribution is -0.132. The van der Waals surface area contributed by atoms with Crippen LogP contribution in [0, 0.1) is 16.2 Å². The largest absolute Gasteiger partial charge is 0.353 e. The highest BCUT2D eigenvalue weighted by atomic mass is 16.2. The van der Waals surface area contributed by atoms with Crippen LogP contribution < -0.4 is 11.1 Å². The second-order valence-electron chi connectivity index (χ2n) is 8.78. The van der Waals surface area contributed by atoms with Crippen molar-refractivity contribution in [1.82, 2.24) is 5.32 Å². The summed E-state index contributed by atoms with van der Waals surface area (Å²) in [4.78, 5) is 12.7. The number of nitrogens with two attached hydrogens (primary N) is 1. The monoisotopic (exact) mass is 280 g/mol. The van der Waals surface area contributed by atoms with Crippen LogP contribution in [0.2, 0.25) is 0 Å². The molecule has 3 N–H and O–H groups in total. The molecule has 0 spiro atoms. The Kier molecular flexibility index (Phi) is 4.21. The van der Waals surface area contributed by atoms with Crippen molar-refractivity contribution in [2.24, 2.45) is 22.0 Å². The van der Waals surface area contributed by atoms with Crippen LogP contribution in [-0.4, -0.2) is 18.5 Å². The van der Waals surface area contributed by atoms with E-state index in [1.54, 1.807) is 0 Å². The van der Waals surface area contributed by atoms with E-state index in [0.29, 0.717) is 23.4 Å². The molecule has 0 aromatic rings. The van der Waals surface area contributed by atoms with Crippen LogP contribution >= 0.6 is 0 Å². The van der Waals surface area contributed by atoms with Crippen LogP contribution in [-0.2, 0) is 4.79 Å². The fourth-order valence-electron chi connectivity index (χ4n) is 4.86. The minimum Gasteiger partial charge on any atom is -0.353 e. The first-order chi connectivity index (χ1) is 9.18. The van der Waals surface area contributed by atoms with Gasteiger partial charge in [0.05, 0.1) is 5.41 Å². The maximum absolute atomic E-state index is 12.7. The highest BCUT2D eigenvalue weighted by Crippen LogP contribution is 2.46. The highest BCUT2D eigenvalue weighted by molar-refractivity contribution is 5.83. The molecule has 0 saturated heterocycles. The Morgan fingerprint density at radius 1 is 1.10 bits per heavy atom. The number of rotatable bonds is 3. The van der Waals surface area contributed by atoms with E-state index in [2.05, 4.69) is 33.0 Å². The van der Waals surface area contributed by atoms with Crippen molar-refractivity contribution in [2.75, 3.05) is 6.54 Å². The zero-order valence-electron chi connectivity index (χ0n) is 13.7. The molecule has 2 aliphatic rings. The summed E-state index contributed by atoms with van der Waals surface area (Å²) in [5.41, 5.74) is 6.27. The molecule has 0 bridgehead atoms. The van der Waals surface area contributed by atoms with Crippen molar-refractivity contribution in [3.8, 4) is 0 Å². The van der Waals surface area contributed by atoms with Crippen molar-refractivity contribution in [2.45, 2.75) is 78.7 Å². The van der Waals surface area contributed by atoms with Crippen LogP contribution in [0.5, 0.6) is 0 Å². The molecule has 0 aliphatic heterocycles. The molecule has 20 heavy (non-hydrogen) atoms. The fraction of sp³-hybridized carbons (Fsp3) is 0.941. The van der Waals surface area contributed by atoms with E-state index >= 15 is 0 Å². The lowest BCUT2D eigenvalue weighted by Gasteiger charge is -2.45. The van der Waals surface area contributed by atoms with Crippen LogP contribution in [0.4, 0.5) is 0 Å². The number of hydrogen-bond donors (Lipinski definition) is 2. The third-order valence-corrected chi connectivity index (χ3v) is 5.32. The molecule has 2 aliphatic carbocycles. The topological polar surface area (TPSA) is 55.1 Å². The van der Waals surface area contributed by atoms with Crippen LogP contribution in [0.3, 0.4) is 0 Å². The van der Waals surface area contributed by atoms with Gasteiger partial charge in [-0.05, 0) is 42.9 Å². The summed E-state index contributed by atoms with van der Waals surface area (Å²) in [6, 6.07) is 0.310. The molecule has 3 nitrogen and oxygen atoms in total. The van der Waals surface area contributed by atoms with Gasteiger partial charge >= 0.3 is 0 Å². The quantitative estimate of drug-likeness (QED) is 0.834. The van der Waals surface area contributed by atoms with Gasteiger partial charge < -0.3 is 11.1 Å². The first-order valence-corrected chi connectivity index (χ1v) is 8.19. The van der Waals surface area contributed by atoms with Gasteiger partial charge in [0, 0.05) is 12.6 Å². The van der Waals surface area contributed by atoms with E-state index in [1.165, 1.54) is 6.42 Å². The van der Waals surface area contributed by atoms with Crippen LogP contribution in [0.1, 0.15) is 72.6 Å². The molecule has 0 heterocycles. The summed E-state index contributed by atoms with van der Waals surface area (Å²) in [5, 5.41) is 3.34. The number of carbonyl (C=O) groups is 1. The summed E-state index contributed by atoms with van der Waals surface area (Å²) < 4.78 is 0. The summed E-state index contributed by atoms with van der Waals surface area (Å²) in [6.07, 6.45) is 7.63. The summed E-state index contributed by atoms with van der Waals surface area (Å²) >= 11 is 0. The number of hydrogen-bond acceptors (Lipinski definition) is 2. The van der Waals surface area contributed by atoms with Crippen LogP contribution in [0.25, 0.3) is 0 Å². The predicted octanol–water partition coefficient (Wildman–Crippen LogP) is 3.23. The lowest BCUT2D eigenvalue weighted by atomic mass is 9.63. The normalized spacial score (nSPS) is 28.2. The first kappa shape index (κ1) is 15.8. The molecule has 116 valence electrons. The Hall–Kier alpha value is -0.570. The molecule has 0 radical (unpaired) electrons. The standard InChI is InChI=1S/C17H32N2O/c1-15(2)9-13(10-16(3,4)11-15)19-14(20)17(12-18)7-5-6-8-17/h13H,5-12,18H2,1-4H3,(H,19,20). The zero-order valence-corrected chi connectivity index (χ0v) is 13.7. The van der Waals surface area contributed by atoms with Gasteiger partial charge in [-0.15, -0.1) is 0 Å². The van der Waals surface area contributed by atoms with Crippen molar-refractivity contribution in [3.63, 3.8) is 0 Å². The summed E-state index contributed by atoms with van der Waals surface area (Å²) in [7, 11) is 0. The van der Waals surface area contributed by atoms with Gasteiger partial charge in [0.25, 0.3) is 0 Å². The molecule has 2 fully saturated rings. The first-order valence-electron chi connectivity index (χ1n) is 8.19. The minimum absolute atomic E-state index is 0.219. The maximum Gasteiger partial charge on any atom is 0.227 e. The van der Waals surface area contributed by atoms with Gasteiger partial charge in [-0.25, -0.2) is 0 Å². The maximum atomic E-state index is 12.7. The molecule has 0 unspecified atom stereocenters. The fourth-order valence-corrected chi connectivity index (χ4v) is 4.86. The Labute approximate surface area is 124 Å². The second kappa shape index (κ2) is 5.32. The molecular formula is C17H32N2O. The average Bonchev–Trinajstić information content (AvgIpc) is 2.73.